The lowest BCUT2D eigenvalue weighted by molar-refractivity contribution is -0.148. The molecular formula is C15H18FNO4. The summed E-state index contributed by atoms with van der Waals surface area (Å²) in [4.78, 5) is 25.1. The molecule has 1 N–H and O–H groups in total. The zero-order chi connectivity index (χ0) is 15.6. The minimum atomic E-state index is -1.05. The van der Waals surface area contributed by atoms with Crippen molar-refractivity contribution in [1.29, 1.82) is 0 Å². The molecule has 1 aliphatic heterocycles. The van der Waals surface area contributed by atoms with Gasteiger partial charge in [0.1, 0.15) is 11.9 Å². The molecule has 0 bridgehead atoms. The number of aliphatic carboxylic acids is 1. The maximum atomic E-state index is 13.3. The van der Waals surface area contributed by atoms with Crippen LogP contribution in [0.2, 0.25) is 0 Å². The Hall–Kier alpha value is -1.95. The molecule has 1 heterocycles. The third-order valence-electron chi connectivity index (χ3n) is 3.88. The summed E-state index contributed by atoms with van der Waals surface area (Å²) in [5.74, 6) is -2.39. The molecule has 21 heavy (non-hydrogen) atoms. The van der Waals surface area contributed by atoms with Crippen molar-refractivity contribution in [3.63, 3.8) is 0 Å². The van der Waals surface area contributed by atoms with E-state index in [4.69, 9.17) is 4.74 Å². The molecule has 1 aromatic carbocycles. The van der Waals surface area contributed by atoms with E-state index in [1.165, 1.54) is 30.2 Å². The SMILES string of the molecule is COC1CC(C(=O)O)N(C(=O)C(C)c2cccc(F)c2)C1. The van der Waals surface area contributed by atoms with Crippen LogP contribution in [-0.2, 0) is 14.3 Å². The topological polar surface area (TPSA) is 66.8 Å². The van der Waals surface area contributed by atoms with Crippen molar-refractivity contribution < 1.29 is 23.8 Å². The summed E-state index contributed by atoms with van der Waals surface area (Å²) in [5, 5.41) is 9.23. The van der Waals surface area contributed by atoms with E-state index in [9.17, 15) is 19.1 Å². The maximum absolute atomic E-state index is 13.3. The number of amides is 1. The maximum Gasteiger partial charge on any atom is 0.326 e. The van der Waals surface area contributed by atoms with Crippen molar-refractivity contribution in [2.24, 2.45) is 0 Å². The first kappa shape index (κ1) is 15.4. The van der Waals surface area contributed by atoms with Gasteiger partial charge in [0, 0.05) is 20.1 Å². The molecule has 0 radical (unpaired) electrons. The molecule has 3 atom stereocenters. The molecule has 2 rings (SSSR count). The molecule has 6 heteroatoms. The van der Waals surface area contributed by atoms with Crippen LogP contribution in [0.4, 0.5) is 4.39 Å². The molecular weight excluding hydrogens is 277 g/mol. The smallest absolute Gasteiger partial charge is 0.326 e. The van der Waals surface area contributed by atoms with Crippen molar-refractivity contribution in [3.8, 4) is 0 Å². The molecule has 0 saturated carbocycles. The number of halogens is 1. The van der Waals surface area contributed by atoms with Gasteiger partial charge in [-0.25, -0.2) is 9.18 Å². The number of hydrogen-bond donors (Lipinski definition) is 1. The fourth-order valence-corrected chi connectivity index (χ4v) is 2.61. The van der Waals surface area contributed by atoms with Crippen LogP contribution in [0.25, 0.3) is 0 Å². The Morgan fingerprint density at radius 2 is 2.19 bits per heavy atom. The molecule has 1 fully saturated rings. The van der Waals surface area contributed by atoms with Gasteiger partial charge in [0.2, 0.25) is 5.91 Å². The predicted octanol–water partition coefficient (Wildman–Crippen LogP) is 1.63. The minimum absolute atomic E-state index is 0.242. The minimum Gasteiger partial charge on any atom is -0.480 e. The highest BCUT2D eigenvalue weighted by atomic mass is 19.1. The quantitative estimate of drug-likeness (QED) is 0.917. The van der Waals surface area contributed by atoms with Crippen molar-refractivity contribution in [2.45, 2.75) is 31.4 Å². The first-order valence-corrected chi connectivity index (χ1v) is 6.75. The van der Waals surface area contributed by atoms with Crippen LogP contribution < -0.4 is 0 Å². The van der Waals surface area contributed by atoms with E-state index in [1.807, 2.05) is 0 Å². The number of carboxylic acids is 1. The summed E-state index contributed by atoms with van der Waals surface area (Å²) in [6, 6.07) is 4.90. The van der Waals surface area contributed by atoms with Crippen molar-refractivity contribution >= 4 is 11.9 Å². The molecule has 1 aromatic rings. The van der Waals surface area contributed by atoms with E-state index in [0.717, 1.165) is 0 Å². The summed E-state index contributed by atoms with van der Waals surface area (Å²) in [5.41, 5.74) is 0.532. The number of nitrogens with zero attached hydrogens (tertiary/aromatic N) is 1. The standard InChI is InChI=1S/C15H18FNO4/c1-9(10-4-3-5-11(16)6-10)14(18)17-8-12(21-2)7-13(17)15(19)20/h3-6,9,12-13H,7-8H2,1-2H3,(H,19,20). The van der Waals surface area contributed by atoms with Gasteiger partial charge in [-0.1, -0.05) is 12.1 Å². The number of carbonyl (C=O) groups is 2. The lowest BCUT2D eigenvalue weighted by Gasteiger charge is -2.25. The van der Waals surface area contributed by atoms with Gasteiger partial charge in [0.05, 0.1) is 12.0 Å². The highest BCUT2D eigenvalue weighted by molar-refractivity contribution is 5.88. The molecule has 114 valence electrons. The van der Waals surface area contributed by atoms with Crippen LogP contribution in [0.3, 0.4) is 0 Å². The third kappa shape index (κ3) is 3.21. The van der Waals surface area contributed by atoms with Crippen LogP contribution in [0.15, 0.2) is 24.3 Å². The van der Waals surface area contributed by atoms with Crippen LogP contribution in [-0.4, -0.2) is 47.7 Å². The summed E-state index contributed by atoms with van der Waals surface area (Å²) >= 11 is 0. The number of likely N-dealkylation sites (tertiary alicyclic amines) is 1. The average Bonchev–Trinajstić information content (AvgIpc) is 2.90. The van der Waals surface area contributed by atoms with E-state index in [0.29, 0.717) is 5.56 Å². The molecule has 0 aliphatic carbocycles. The third-order valence-corrected chi connectivity index (χ3v) is 3.88. The fraction of sp³-hybridized carbons (Fsp3) is 0.467. The Labute approximate surface area is 122 Å². The van der Waals surface area contributed by atoms with E-state index in [-0.39, 0.29) is 25.0 Å². The second-order valence-electron chi connectivity index (χ2n) is 5.21. The Morgan fingerprint density at radius 1 is 1.48 bits per heavy atom. The zero-order valence-corrected chi connectivity index (χ0v) is 12.0. The average molecular weight is 295 g/mol. The lowest BCUT2D eigenvalue weighted by atomic mass is 9.99. The van der Waals surface area contributed by atoms with Gasteiger partial charge in [-0.15, -0.1) is 0 Å². The van der Waals surface area contributed by atoms with Gasteiger partial charge in [0.25, 0.3) is 0 Å². The van der Waals surface area contributed by atoms with Crippen LogP contribution in [0, 0.1) is 5.82 Å². The number of hydrogen-bond acceptors (Lipinski definition) is 3. The fourth-order valence-electron chi connectivity index (χ4n) is 2.61. The summed E-state index contributed by atoms with van der Waals surface area (Å²) in [6.07, 6.45) is -0.0114. The number of ether oxygens (including phenoxy) is 1. The first-order chi connectivity index (χ1) is 9.93. The number of carbonyl (C=O) groups excluding carboxylic acids is 1. The number of rotatable bonds is 4. The van der Waals surface area contributed by atoms with E-state index >= 15 is 0 Å². The van der Waals surface area contributed by atoms with Gasteiger partial charge < -0.3 is 14.7 Å². The number of carboxylic acid groups (broad SMARTS) is 1. The van der Waals surface area contributed by atoms with Crippen LogP contribution in [0.1, 0.15) is 24.8 Å². The first-order valence-electron chi connectivity index (χ1n) is 6.75. The van der Waals surface area contributed by atoms with Crippen molar-refractivity contribution in [2.75, 3.05) is 13.7 Å². The summed E-state index contributed by atoms with van der Waals surface area (Å²) in [7, 11) is 1.49. The number of benzene rings is 1. The highest BCUT2D eigenvalue weighted by Crippen LogP contribution is 2.26. The van der Waals surface area contributed by atoms with Crippen LogP contribution in [0.5, 0.6) is 0 Å². The Bertz CT molecular complexity index is 548. The molecule has 3 unspecified atom stereocenters. The summed E-state index contributed by atoms with van der Waals surface area (Å²) in [6.45, 7) is 1.89. The van der Waals surface area contributed by atoms with Crippen molar-refractivity contribution in [1.82, 2.24) is 4.90 Å². The lowest BCUT2D eigenvalue weighted by Crippen LogP contribution is -2.42. The Kier molecular flexibility index (Phi) is 4.57. The second kappa shape index (κ2) is 6.22. The van der Waals surface area contributed by atoms with Gasteiger partial charge in [-0.05, 0) is 24.6 Å². The normalized spacial score (nSPS) is 23.1. The van der Waals surface area contributed by atoms with E-state index in [2.05, 4.69) is 0 Å². The zero-order valence-electron chi connectivity index (χ0n) is 12.0. The summed E-state index contributed by atoms with van der Waals surface area (Å²) < 4.78 is 18.4. The highest BCUT2D eigenvalue weighted by Gasteiger charge is 2.41. The Morgan fingerprint density at radius 3 is 2.76 bits per heavy atom. The van der Waals surface area contributed by atoms with Gasteiger partial charge in [0.15, 0.2) is 0 Å². The number of methoxy groups -OCH3 is 1. The molecule has 1 saturated heterocycles. The van der Waals surface area contributed by atoms with Crippen molar-refractivity contribution in [3.05, 3.63) is 35.6 Å². The molecule has 0 aromatic heterocycles. The Balaban J connectivity index is 2.19. The van der Waals surface area contributed by atoms with Gasteiger partial charge in [-0.2, -0.15) is 0 Å². The predicted molar refractivity (Wildman–Crippen MR) is 73.4 cm³/mol. The van der Waals surface area contributed by atoms with E-state index in [1.54, 1.807) is 13.0 Å². The van der Waals surface area contributed by atoms with Gasteiger partial charge >= 0.3 is 5.97 Å². The molecule has 5 nitrogen and oxygen atoms in total. The van der Waals surface area contributed by atoms with E-state index < -0.39 is 23.7 Å². The second-order valence-corrected chi connectivity index (χ2v) is 5.21. The molecule has 1 aliphatic rings. The van der Waals surface area contributed by atoms with Crippen LogP contribution >= 0.6 is 0 Å². The van der Waals surface area contributed by atoms with Gasteiger partial charge in [-0.3, -0.25) is 4.79 Å². The molecule has 0 spiro atoms. The largest absolute Gasteiger partial charge is 0.480 e. The monoisotopic (exact) mass is 295 g/mol. The molecule has 1 amide bonds.